The van der Waals surface area contributed by atoms with Crippen molar-refractivity contribution in [3.05, 3.63) is 77.9 Å². The number of amides is 1. The Kier molecular flexibility index (Phi) is 4.10. The Balaban J connectivity index is 1.46. The van der Waals surface area contributed by atoms with Gasteiger partial charge in [0.05, 0.1) is 5.69 Å². The maximum absolute atomic E-state index is 12.9. The smallest absolute Gasteiger partial charge is 0.274 e. The molecule has 1 aromatic carbocycles. The molecule has 0 radical (unpaired) electrons. The summed E-state index contributed by atoms with van der Waals surface area (Å²) in [5, 5.41) is 3.94. The van der Waals surface area contributed by atoms with Crippen molar-refractivity contribution in [1.29, 1.82) is 0 Å². The van der Waals surface area contributed by atoms with Crippen LogP contribution in [0.2, 0.25) is 0 Å². The van der Waals surface area contributed by atoms with Gasteiger partial charge in [-0.25, -0.2) is 15.0 Å². The molecule has 29 heavy (non-hydrogen) atoms. The number of benzene rings is 1. The maximum atomic E-state index is 12.9. The van der Waals surface area contributed by atoms with Gasteiger partial charge in [0.25, 0.3) is 5.91 Å². The van der Waals surface area contributed by atoms with Crippen LogP contribution < -0.4 is 5.32 Å². The van der Waals surface area contributed by atoms with Crippen molar-refractivity contribution in [2.24, 2.45) is 0 Å². The molecule has 0 bridgehead atoms. The Morgan fingerprint density at radius 3 is 2.79 bits per heavy atom. The molecule has 4 aromatic heterocycles. The third-order valence-electron chi connectivity index (χ3n) is 4.81. The second kappa shape index (κ2) is 6.79. The molecule has 142 valence electrons. The zero-order valence-electron chi connectivity index (χ0n) is 15.9. The van der Waals surface area contributed by atoms with Gasteiger partial charge >= 0.3 is 0 Å². The van der Waals surface area contributed by atoms with E-state index in [1.165, 1.54) is 0 Å². The van der Waals surface area contributed by atoms with Crippen LogP contribution >= 0.6 is 11.3 Å². The van der Waals surface area contributed by atoms with E-state index in [1.807, 2.05) is 73.0 Å². The van der Waals surface area contributed by atoms with Crippen LogP contribution in [-0.2, 0) is 0 Å². The van der Waals surface area contributed by atoms with E-state index in [2.05, 4.69) is 20.3 Å². The first-order valence-electron chi connectivity index (χ1n) is 9.18. The summed E-state index contributed by atoms with van der Waals surface area (Å²) in [7, 11) is 0. The molecule has 0 aliphatic carbocycles. The van der Waals surface area contributed by atoms with Crippen LogP contribution in [0, 0.1) is 13.8 Å². The summed E-state index contributed by atoms with van der Waals surface area (Å²) in [6.45, 7) is 3.82. The fourth-order valence-electron chi connectivity index (χ4n) is 3.40. The van der Waals surface area contributed by atoms with Gasteiger partial charge in [0.2, 0.25) is 0 Å². The molecule has 0 saturated heterocycles. The Hall–Kier alpha value is -3.58. The number of anilines is 1. The number of imidazole rings is 1. The average molecular weight is 399 g/mol. The van der Waals surface area contributed by atoms with Gasteiger partial charge in [-0.2, -0.15) is 0 Å². The number of hydrogen-bond acceptors (Lipinski definition) is 5. The van der Waals surface area contributed by atoms with Gasteiger partial charge in [-0.15, -0.1) is 0 Å². The number of rotatable bonds is 3. The van der Waals surface area contributed by atoms with E-state index in [9.17, 15) is 4.79 Å². The molecule has 1 amide bonds. The van der Waals surface area contributed by atoms with Crippen molar-refractivity contribution in [2.45, 2.75) is 13.8 Å². The van der Waals surface area contributed by atoms with Gasteiger partial charge in [0, 0.05) is 23.6 Å². The fraction of sp³-hybridized carbons (Fsp3) is 0.0909. The molecule has 0 aliphatic heterocycles. The molecule has 6 nitrogen and oxygen atoms in total. The molecule has 7 heteroatoms. The minimum absolute atomic E-state index is 0.179. The molecule has 0 unspecified atom stereocenters. The van der Waals surface area contributed by atoms with Crippen LogP contribution in [0.5, 0.6) is 0 Å². The lowest BCUT2D eigenvalue weighted by Crippen LogP contribution is -2.16. The molecular formula is C22H17N5OS. The molecule has 5 rings (SSSR count). The van der Waals surface area contributed by atoms with E-state index >= 15 is 0 Å². The Bertz CT molecular complexity index is 1350. The van der Waals surface area contributed by atoms with Gasteiger partial charge in [-0.1, -0.05) is 17.4 Å². The number of thiazole rings is 1. The second-order valence-electron chi connectivity index (χ2n) is 6.81. The Morgan fingerprint density at radius 1 is 1.07 bits per heavy atom. The van der Waals surface area contributed by atoms with Gasteiger partial charge in [-0.05, 0) is 61.9 Å². The molecular weight excluding hydrogens is 382 g/mol. The number of carbonyl (C=O) groups is 1. The number of pyridine rings is 2. The predicted octanol–water partition coefficient (Wildman–Crippen LogP) is 4.88. The van der Waals surface area contributed by atoms with E-state index in [1.54, 1.807) is 17.5 Å². The molecule has 0 fully saturated rings. The molecule has 0 atom stereocenters. The summed E-state index contributed by atoms with van der Waals surface area (Å²) in [6.07, 6.45) is 3.62. The summed E-state index contributed by atoms with van der Waals surface area (Å²) in [6, 6.07) is 15.5. The minimum Gasteiger partial charge on any atom is -0.320 e. The third kappa shape index (κ3) is 3.05. The highest BCUT2D eigenvalue weighted by Gasteiger charge is 2.17. The topological polar surface area (TPSA) is 72.2 Å². The highest BCUT2D eigenvalue weighted by Crippen LogP contribution is 2.31. The van der Waals surface area contributed by atoms with Crippen LogP contribution in [0.15, 0.2) is 60.9 Å². The Morgan fingerprint density at radius 2 is 1.97 bits per heavy atom. The number of aryl methyl sites for hydroxylation is 2. The highest BCUT2D eigenvalue weighted by atomic mass is 32.1. The first-order chi connectivity index (χ1) is 14.1. The van der Waals surface area contributed by atoms with E-state index in [-0.39, 0.29) is 5.91 Å². The lowest BCUT2D eigenvalue weighted by molar-refractivity contribution is 0.102. The Labute approximate surface area is 170 Å². The number of fused-ring (bicyclic) bond motifs is 2. The summed E-state index contributed by atoms with van der Waals surface area (Å²) in [5.74, 6) is -0.179. The van der Waals surface area contributed by atoms with E-state index < -0.39 is 0 Å². The molecule has 1 N–H and O–H groups in total. The number of carbonyl (C=O) groups excluding carboxylic acids is 1. The van der Waals surface area contributed by atoms with Gasteiger partial charge in [-0.3, -0.25) is 9.20 Å². The van der Waals surface area contributed by atoms with Crippen LogP contribution in [-0.4, -0.2) is 25.3 Å². The van der Waals surface area contributed by atoms with Crippen LogP contribution in [0.1, 0.15) is 21.7 Å². The number of nitrogens with zero attached hydrogens (tertiary/aromatic N) is 4. The summed E-state index contributed by atoms with van der Waals surface area (Å²) in [4.78, 5) is 27.3. The molecule has 5 aromatic rings. The highest BCUT2D eigenvalue weighted by molar-refractivity contribution is 7.21. The van der Waals surface area contributed by atoms with E-state index in [4.69, 9.17) is 0 Å². The number of aromatic nitrogens is 4. The zero-order valence-corrected chi connectivity index (χ0v) is 16.7. The van der Waals surface area contributed by atoms with Gasteiger partial charge < -0.3 is 5.32 Å². The predicted molar refractivity (Wildman–Crippen MR) is 115 cm³/mol. The summed E-state index contributed by atoms with van der Waals surface area (Å²) >= 11 is 1.56. The lowest BCUT2D eigenvalue weighted by Gasteiger charge is -2.10. The minimum atomic E-state index is -0.179. The largest absolute Gasteiger partial charge is 0.320 e. The van der Waals surface area contributed by atoms with Crippen molar-refractivity contribution in [3.63, 3.8) is 0 Å². The summed E-state index contributed by atoms with van der Waals surface area (Å²) < 4.78 is 1.81. The van der Waals surface area contributed by atoms with E-state index in [0.29, 0.717) is 11.4 Å². The first kappa shape index (κ1) is 17.5. The molecule has 0 aliphatic rings. The monoisotopic (exact) mass is 399 g/mol. The van der Waals surface area contributed by atoms with Crippen molar-refractivity contribution >= 4 is 38.9 Å². The number of hydrogen-bond donors (Lipinski definition) is 1. The molecule has 0 saturated carbocycles. The second-order valence-corrected chi connectivity index (χ2v) is 7.78. The maximum Gasteiger partial charge on any atom is 0.274 e. The zero-order chi connectivity index (χ0) is 20.0. The average Bonchev–Trinajstić information content (AvgIpc) is 3.29. The van der Waals surface area contributed by atoms with Crippen molar-refractivity contribution in [1.82, 2.24) is 19.4 Å². The lowest BCUT2D eigenvalue weighted by atomic mass is 10.1. The van der Waals surface area contributed by atoms with Gasteiger partial charge in [0.15, 0.2) is 0 Å². The fourth-order valence-corrected chi connectivity index (χ4v) is 4.30. The SMILES string of the molecule is Cc1cc(-c2nc3cccnc3s2)ccc1NC(=O)c1c(C)nc2ccccn12. The normalized spacial score (nSPS) is 11.2. The summed E-state index contributed by atoms with van der Waals surface area (Å²) in [5.41, 5.74) is 5.64. The molecule has 4 heterocycles. The van der Waals surface area contributed by atoms with Crippen LogP contribution in [0.4, 0.5) is 5.69 Å². The van der Waals surface area contributed by atoms with Crippen molar-refractivity contribution in [2.75, 3.05) is 5.32 Å². The number of nitrogens with one attached hydrogen (secondary N) is 1. The first-order valence-corrected chi connectivity index (χ1v) is 9.99. The van der Waals surface area contributed by atoms with Gasteiger partial charge in [0.1, 0.15) is 26.7 Å². The van der Waals surface area contributed by atoms with Crippen molar-refractivity contribution < 1.29 is 4.79 Å². The van der Waals surface area contributed by atoms with E-state index in [0.717, 1.165) is 37.8 Å². The molecule has 0 spiro atoms. The van der Waals surface area contributed by atoms with Crippen molar-refractivity contribution in [3.8, 4) is 10.6 Å². The van der Waals surface area contributed by atoms with Crippen LogP contribution in [0.25, 0.3) is 26.6 Å². The third-order valence-corrected chi connectivity index (χ3v) is 5.84. The quantitative estimate of drug-likeness (QED) is 0.470. The van der Waals surface area contributed by atoms with Crippen LogP contribution in [0.3, 0.4) is 0 Å². The standard InChI is InChI=1S/C22H17N5OS/c1-13-12-15(21-26-17-6-5-10-23-22(17)29-21)8-9-16(13)25-20(28)19-14(2)24-18-7-3-4-11-27(18)19/h3-12H,1-2H3,(H,25,28).